The summed E-state index contributed by atoms with van der Waals surface area (Å²) in [5.41, 5.74) is 2.59. The van der Waals surface area contributed by atoms with Crippen molar-refractivity contribution in [3.05, 3.63) is 38.8 Å². The Labute approximate surface area is 103 Å². The molecule has 0 aliphatic rings. The van der Waals surface area contributed by atoms with Gasteiger partial charge >= 0.3 is 0 Å². The fraction of sp³-hybridized carbons (Fsp3) is 0.333. The number of benzene rings is 1. The monoisotopic (exact) mass is 316 g/mol. The van der Waals surface area contributed by atoms with E-state index in [2.05, 4.69) is 57.5 Å². The van der Waals surface area contributed by atoms with E-state index < -0.39 is 0 Å². The number of halogens is 2. The highest BCUT2D eigenvalue weighted by Gasteiger charge is 2.05. The Morgan fingerprint density at radius 2 is 2.07 bits per heavy atom. The third-order valence-corrected chi connectivity index (χ3v) is 3.30. The summed E-state index contributed by atoms with van der Waals surface area (Å²) in [6, 6.07) is 4.24. The van der Waals surface area contributed by atoms with Crippen LogP contribution in [0.25, 0.3) is 6.08 Å². The summed E-state index contributed by atoms with van der Waals surface area (Å²) >= 11 is 7.05. The maximum Gasteiger partial charge on any atom is 0.0261 e. The number of hydrogen-bond donors (Lipinski definition) is 0. The summed E-state index contributed by atoms with van der Waals surface area (Å²) in [6.45, 7) is 6.05. The first kappa shape index (κ1) is 12.0. The van der Waals surface area contributed by atoms with E-state index >= 15 is 0 Å². The minimum atomic E-state index is 1.12. The quantitative estimate of drug-likeness (QED) is 0.716. The zero-order valence-electron chi connectivity index (χ0n) is 8.32. The second-order valence-electron chi connectivity index (χ2n) is 3.27. The first-order valence-electron chi connectivity index (χ1n) is 4.79. The van der Waals surface area contributed by atoms with Gasteiger partial charge < -0.3 is 0 Å². The number of rotatable bonds is 4. The Morgan fingerprint density at radius 1 is 1.36 bits per heavy atom. The van der Waals surface area contributed by atoms with Gasteiger partial charge in [0.15, 0.2) is 0 Å². The standard InChI is InChI=1S/C12H14Br2/c1-3-5-6-9-7-10(13)8-12(14)11(9)4-2/h4,7-8H,2-3,5-6H2,1H3. The van der Waals surface area contributed by atoms with E-state index in [1.807, 2.05) is 6.08 Å². The average molecular weight is 318 g/mol. The zero-order valence-corrected chi connectivity index (χ0v) is 11.5. The van der Waals surface area contributed by atoms with E-state index in [1.165, 1.54) is 24.0 Å². The summed E-state index contributed by atoms with van der Waals surface area (Å²) in [5, 5.41) is 0. The Bertz CT molecular complexity index is 329. The highest BCUT2D eigenvalue weighted by Crippen LogP contribution is 2.28. The van der Waals surface area contributed by atoms with Gasteiger partial charge in [0.05, 0.1) is 0 Å². The van der Waals surface area contributed by atoms with Crippen LogP contribution in [0.2, 0.25) is 0 Å². The molecule has 14 heavy (non-hydrogen) atoms. The molecule has 0 amide bonds. The second kappa shape index (κ2) is 5.72. The Morgan fingerprint density at radius 3 is 2.64 bits per heavy atom. The highest BCUT2D eigenvalue weighted by atomic mass is 79.9. The molecule has 1 rings (SSSR count). The molecule has 0 saturated heterocycles. The van der Waals surface area contributed by atoms with Gasteiger partial charge in [0, 0.05) is 8.95 Å². The largest absolute Gasteiger partial charge is 0.0984 e. The van der Waals surface area contributed by atoms with Crippen molar-refractivity contribution in [2.24, 2.45) is 0 Å². The predicted octanol–water partition coefficient (Wildman–Crippen LogP) is 5.20. The summed E-state index contributed by atoms with van der Waals surface area (Å²) in [4.78, 5) is 0. The first-order chi connectivity index (χ1) is 6.69. The Kier molecular flexibility index (Phi) is 4.90. The molecule has 0 aromatic heterocycles. The lowest BCUT2D eigenvalue weighted by molar-refractivity contribution is 0.793. The second-order valence-corrected chi connectivity index (χ2v) is 5.04. The molecule has 0 N–H and O–H groups in total. The number of unbranched alkanes of at least 4 members (excludes halogenated alkanes) is 1. The van der Waals surface area contributed by atoms with Crippen molar-refractivity contribution >= 4 is 37.9 Å². The lowest BCUT2D eigenvalue weighted by atomic mass is 10.0. The lowest BCUT2D eigenvalue weighted by Crippen LogP contribution is -1.91. The number of hydrogen-bond acceptors (Lipinski definition) is 0. The summed E-state index contributed by atoms with van der Waals surface area (Å²) < 4.78 is 2.24. The smallest absolute Gasteiger partial charge is 0.0261 e. The predicted molar refractivity (Wildman–Crippen MR) is 70.5 cm³/mol. The highest BCUT2D eigenvalue weighted by molar-refractivity contribution is 9.11. The molecule has 1 aromatic carbocycles. The van der Waals surface area contributed by atoms with Gasteiger partial charge in [0.25, 0.3) is 0 Å². The van der Waals surface area contributed by atoms with Crippen LogP contribution in [-0.4, -0.2) is 0 Å². The van der Waals surface area contributed by atoms with E-state index in [0.29, 0.717) is 0 Å². The van der Waals surface area contributed by atoms with Gasteiger partial charge in [-0.3, -0.25) is 0 Å². The van der Waals surface area contributed by atoms with Crippen LogP contribution < -0.4 is 0 Å². The molecule has 0 heterocycles. The van der Waals surface area contributed by atoms with Crippen LogP contribution in [0.15, 0.2) is 27.7 Å². The molecule has 0 radical (unpaired) electrons. The fourth-order valence-electron chi connectivity index (χ4n) is 1.44. The molecule has 1 aromatic rings. The van der Waals surface area contributed by atoms with Crippen molar-refractivity contribution in [3.63, 3.8) is 0 Å². The van der Waals surface area contributed by atoms with Gasteiger partial charge in [-0.15, -0.1) is 0 Å². The third-order valence-electron chi connectivity index (χ3n) is 2.18. The van der Waals surface area contributed by atoms with Gasteiger partial charge in [-0.25, -0.2) is 0 Å². The van der Waals surface area contributed by atoms with Crippen LogP contribution in [0.3, 0.4) is 0 Å². The molecule has 2 heteroatoms. The van der Waals surface area contributed by atoms with Crippen molar-refractivity contribution in [2.45, 2.75) is 26.2 Å². The molecule has 0 aliphatic carbocycles. The first-order valence-corrected chi connectivity index (χ1v) is 6.38. The lowest BCUT2D eigenvalue weighted by Gasteiger charge is -2.08. The third kappa shape index (κ3) is 2.96. The van der Waals surface area contributed by atoms with Gasteiger partial charge in [0.1, 0.15) is 0 Å². The van der Waals surface area contributed by atoms with Gasteiger partial charge in [-0.1, -0.05) is 57.9 Å². The molecule has 76 valence electrons. The summed E-state index contributed by atoms with van der Waals surface area (Å²) in [7, 11) is 0. The number of aryl methyl sites for hydroxylation is 1. The zero-order chi connectivity index (χ0) is 10.6. The molecule has 0 fully saturated rings. The Hall–Kier alpha value is -0.0800. The van der Waals surface area contributed by atoms with Crippen molar-refractivity contribution < 1.29 is 0 Å². The minimum absolute atomic E-state index is 1.12. The molecular weight excluding hydrogens is 304 g/mol. The fourth-order valence-corrected chi connectivity index (χ4v) is 2.92. The maximum atomic E-state index is 3.84. The molecular formula is C12H14Br2. The van der Waals surface area contributed by atoms with Crippen molar-refractivity contribution in [1.82, 2.24) is 0 Å². The Balaban J connectivity index is 3.05. The van der Waals surface area contributed by atoms with E-state index in [1.54, 1.807) is 0 Å². The minimum Gasteiger partial charge on any atom is -0.0984 e. The van der Waals surface area contributed by atoms with E-state index in [9.17, 15) is 0 Å². The van der Waals surface area contributed by atoms with Crippen LogP contribution in [0.1, 0.15) is 30.9 Å². The van der Waals surface area contributed by atoms with Gasteiger partial charge in [-0.05, 0) is 36.1 Å². The van der Waals surface area contributed by atoms with Gasteiger partial charge in [0.2, 0.25) is 0 Å². The van der Waals surface area contributed by atoms with Crippen LogP contribution in [0.4, 0.5) is 0 Å². The molecule has 0 spiro atoms. The topological polar surface area (TPSA) is 0 Å². The van der Waals surface area contributed by atoms with Crippen LogP contribution >= 0.6 is 31.9 Å². The van der Waals surface area contributed by atoms with E-state index in [4.69, 9.17) is 0 Å². The molecule has 0 bridgehead atoms. The molecule has 0 unspecified atom stereocenters. The van der Waals surface area contributed by atoms with Crippen molar-refractivity contribution in [1.29, 1.82) is 0 Å². The van der Waals surface area contributed by atoms with Crippen LogP contribution in [0.5, 0.6) is 0 Å². The molecule has 0 nitrogen and oxygen atoms in total. The summed E-state index contributed by atoms with van der Waals surface area (Å²) in [6.07, 6.45) is 5.49. The molecule has 0 saturated carbocycles. The normalized spacial score (nSPS) is 10.2. The SMILES string of the molecule is C=Cc1c(Br)cc(Br)cc1CCCC. The molecule has 0 atom stereocenters. The van der Waals surface area contributed by atoms with E-state index in [0.717, 1.165) is 15.4 Å². The maximum absolute atomic E-state index is 3.84. The summed E-state index contributed by atoms with van der Waals surface area (Å²) in [5.74, 6) is 0. The average Bonchev–Trinajstić information content (AvgIpc) is 2.14. The van der Waals surface area contributed by atoms with Crippen molar-refractivity contribution in [2.75, 3.05) is 0 Å². The van der Waals surface area contributed by atoms with Gasteiger partial charge in [-0.2, -0.15) is 0 Å². The van der Waals surface area contributed by atoms with Crippen molar-refractivity contribution in [3.8, 4) is 0 Å². The van der Waals surface area contributed by atoms with E-state index in [-0.39, 0.29) is 0 Å². The van der Waals surface area contributed by atoms with Crippen LogP contribution in [0, 0.1) is 0 Å². The van der Waals surface area contributed by atoms with Crippen LogP contribution in [-0.2, 0) is 6.42 Å². The molecule has 0 aliphatic heterocycles.